The number of fused-ring (bicyclic) bond motifs is 1. The van der Waals surface area contributed by atoms with Gasteiger partial charge in [0.1, 0.15) is 5.54 Å². The molecule has 3 N–H and O–H groups in total. The zero-order valence-corrected chi connectivity index (χ0v) is 19.6. The number of amides is 2. The van der Waals surface area contributed by atoms with Crippen LogP contribution in [0.25, 0.3) is 6.08 Å². The second-order valence-corrected chi connectivity index (χ2v) is 8.93. The van der Waals surface area contributed by atoms with Crippen LogP contribution in [0.15, 0.2) is 54.6 Å². The third-order valence-corrected chi connectivity index (χ3v) is 6.99. The predicted octanol–water partition coefficient (Wildman–Crippen LogP) is 2.90. The Balaban J connectivity index is 1.86. The first-order chi connectivity index (χ1) is 16.7. The van der Waals surface area contributed by atoms with Gasteiger partial charge in [0.2, 0.25) is 11.8 Å². The number of nitrogens with one attached hydrogen (secondary N) is 1. The number of anilines is 1. The van der Waals surface area contributed by atoms with E-state index in [0.29, 0.717) is 18.5 Å². The molecule has 4 atom stereocenters. The number of imide groups is 1. The Kier molecular flexibility index (Phi) is 6.58. The SMILES string of the molecule is CCc1cccc(CC)c1N1C(=O)C2C(C=Cc3ccccc3)NC(CC(=O)O)(C(=O)O)C2C1=O. The summed E-state index contributed by atoms with van der Waals surface area (Å²) in [6.07, 6.45) is 3.71. The fourth-order valence-corrected chi connectivity index (χ4v) is 5.39. The van der Waals surface area contributed by atoms with E-state index in [0.717, 1.165) is 21.6 Å². The molecule has 2 aliphatic rings. The molecule has 0 aromatic heterocycles. The van der Waals surface area contributed by atoms with Crippen molar-refractivity contribution in [1.82, 2.24) is 5.32 Å². The highest BCUT2D eigenvalue weighted by Crippen LogP contribution is 2.47. The number of hydrogen-bond acceptors (Lipinski definition) is 5. The highest BCUT2D eigenvalue weighted by Gasteiger charge is 2.68. The Morgan fingerprint density at radius 3 is 2.14 bits per heavy atom. The minimum atomic E-state index is -2.11. The molecule has 35 heavy (non-hydrogen) atoms. The highest BCUT2D eigenvalue weighted by molar-refractivity contribution is 6.25. The zero-order chi connectivity index (χ0) is 25.3. The summed E-state index contributed by atoms with van der Waals surface area (Å²) >= 11 is 0. The molecule has 8 heteroatoms. The van der Waals surface area contributed by atoms with Crippen LogP contribution in [0.5, 0.6) is 0 Å². The summed E-state index contributed by atoms with van der Waals surface area (Å²) in [7, 11) is 0. The van der Waals surface area contributed by atoms with Gasteiger partial charge in [-0.1, -0.05) is 74.5 Å². The molecule has 2 saturated heterocycles. The van der Waals surface area contributed by atoms with Gasteiger partial charge in [-0.15, -0.1) is 0 Å². The summed E-state index contributed by atoms with van der Waals surface area (Å²) in [5.41, 5.74) is 0.804. The van der Waals surface area contributed by atoms with E-state index in [1.54, 1.807) is 12.2 Å². The number of para-hydroxylation sites is 1. The van der Waals surface area contributed by atoms with Crippen molar-refractivity contribution in [3.8, 4) is 0 Å². The van der Waals surface area contributed by atoms with Crippen LogP contribution in [-0.2, 0) is 32.0 Å². The molecule has 4 unspecified atom stereocenters. The van der Waals surface area contributed by atoms with Crippen LogP contribution in [0.1, 0.15) is 37.0 Å². The normalized spacial score (nSPS) is 25.9. The summed E-state index contributed by atoms with van der Waals surface area (Å²) < 4.78 is 0. The van der Waals surface area contributed by atoms with Crippen molar-refractivity contribution in [3.63, 3.8) is 0 Å². The molecule has 2 amide bonds. The van der Waals surface area contributed by atoms with Crippen LogP contribution >= 0.6 is 0 Å². The first kappa shape index (κ1) is 24.3. The number of hydrogen-bond donors (Lipinski definition) is 3. The van der Waals surface area contributed by atoms with Gasteiger partial charge in [-0.25, -0.2) is 4.90 Å². The summed E-state index contributed by atoms with van der Waals surface area (Å²) in [5.74, 6) is -6.43. The molecular weight excluding hydrogens is 448 g/mol. The van der Waals surface area contributed by atoms with E-state index in [4.69, 9.17) is 0 Å². The average Bonchev–Trinajstić information content (AvgIpc) is 3.31. The van der Waals surface area contributed by atoms with Gasteiger partial charge in [-0.2, -0.15) is 0 Å². The van der Waals surface area contributed by atoms with Crippen LogP contribution in [0.4, 0.5) is 5.69 Å². The second-order valence-electron chi connectivity index (χ2n) is 8.93. The van der Waals surface area contributed by atoms with Gasteiger partial charge in [0.25, 0.3) is 0 Å². The second kappa shape index (κ2) is 9.46. The van der Waals surface area contributed by atoms with Gasteiger partial charge < -0.3 is 10.2 Å². The summed E-state index contributed by atoms with van der Waals surface area (Å²) in [4.78, 5) is 53.1. The molecule has 0 spiro atoms. The van der Waals surface area contributed by atoms with Crippen LogP contribution < -0.4 is 10.2 Å². The van der Waals surface area contributed by atoms with Gasteiger partial charge in [-0.3, -0.25) is 24.5 Å². The Hall–Kier alpha value is -3.78. The quantitative estimate of drug-likeness (QED) is 0.501. The number of carboxylic acids is 2. The molecule has 2 fully saturated rings. The van der Waals surface area contributed by atoms with E-state index in [1.165, 1.54) is 0 Å². The largest absolute Gasteiger partial charge is 0.481 e. The average molecular weight is 477 g/mol. The van der Waals surface area contributed by atoms with E-state index in [1.807, 2.05) is 62.4 Å². The molecule has 0 radical (unpaired) electrons. The molecule has 0 aliphatic carbocycles. The standard InChI is InChI=1S/C27H28N2O6/c1-3-17-11-8-12-18(4-2)23(17)29-24(32)21-19(14-13-16-9-6-5-7-10-16)28-27(26(34)35,15-20(30)31)22(21)25(29)33/h5-14,19,21-22,28H,3-4,15H2,1-2H3,(H,30,31)(H,34,35). The van der Waals surface area contributed by atoms with Crippen LogP contribution in [0, 0.1) is 11.8 Å². The number of benzene rings is 2. The van der Waals surface area contributed by atoms with Gasteiger partial charge in [0.15, 0.2) is 0 Å². The summed E-state index contributed by atoms with van der Waals surface area (Å²) in [5, 5.41) is 22.6. The number of carbonyl (C=O) groups excluding carboxylic acids is 2. The molecule has 8 nitrogen and oxygen atoms in total. The van der Waals surface area contributed by atoms with Gasteiger partial charge >= 0.3 is 11.9 Å². The lowest BCUT2D eigenvalue weighted by Gasteiger charge is -2.30. The Labute approximate surface area is 203 Å². The molecule has 0 saturated carbocycles. The maximum Gasteiger partial charge on any atom is 0.325 e. The lowest BCUT2D eigenvalue weighted by molar-refractivity contribution is -0.154. The van der Waals surface area contributed by atoms with Crippen molar-refractivity contribution >= 4 is 35.5 Å². The first-order valence-corrected chi connectivity index (χ1v) is 11.7. The van der Waals surface area contributed by atoms with Gasteiger partial charge in [-0.05, 0) is 29.5 Å². The minimum absolute atomic E-state index is 0.488. The Morgan fingerprint density at radius 1 is 0.971 bits per heavy atom. The number of aliphatic carboxylic acids is 2. The third-order valence-electron chi connectivity index (χ3n) is 6.99. The molecule has 0 bridgehead atoms. The monoisotopic (exact) mass is 476 g/mol. The molecule has 2 aliphatic heterocycles. The lowest BCUT2D eigenvalue weighted by Crippen LogP contribution is -2.57. The van der Waals surface area contributed by atoms with Gasteiger partial charge in [0.05, 0.1) is 23.9 Å². The summed E-state index contributed by atoms with van der Waals surface area (Å²) in [6.45, 7) is 3.84. The fraction of sp³-hybridized carbons (Fsp3) is 0.333. The zero-order valence-electron chi connectivity index (χ0n) is 19.6. The predicted molar refractivity (Wildman–Crippen MR) is 130 cm³/mol. The first-order valence-electron chi connectivity index (χ1n) is 11.7. The maximum absolute atomic E-state index is 13.8. The van der Waals surface area contributed by atoms with E-state index in [9.17, 15) is 29.4 Å². The topological polar surface area (TPSA) is 124 Å². The molecule has 2 aromatic rings. The maximum atomic E-state index is 13.8. The van der Waals surface area contributed by atoms with Crippen molar-refractivity contribution in [1.29, 1.82) is 0 Å². The number of carbonyl (C=O) groups is 4. The van der Waals surface area contributed by atoms with E-state index in [-0.39, 0.29) is 0 Å². The number of carboxylic acid groups (broad SMARTS) is 2. The number of rotatable bonds is 8. The fourth-order valence-electron chi connectivity index (χ4n) is 5.39. The van der Waals surface area contributed by atoms with Crippen molar-refractivity contribution < 1.29 is 29.4 Å². The highest BCUT2D eigenvalue weighted by atomic mass is 16.4. The lowest BCUT2D eigenvalue weighted by atomic mass is 9.78. The number of nitrogens with zero attached hydrogens (tertiary/aromatic N) is 1. The molecule has 4 rings (SSSR count). The van der Waals surface area contributed by atoms with Crippen LogP contribution in [0.2, 0.25) is 0 Å². The molecular formula is C27H28N2O6. The van der Waals surface area contributed by atoms with E-state index >= 15 is 0 Å². The molecule has 2 aromatic carbocycles. The third kappa shape index (κ3) is 4.04. The van der Waals surface area contributed by atoms with Crippen LogP contribution in [-0.4, -0.2) is 45.5 Å². The number of aryl methyl sites for hydroxylation is 2. The van der Waals surface area contributed by atoms with E-state index < -0.39 is 53.6 Å². The van der Waals surface area contributed by atoms with Crippen molar-refractivity contribution in [3.05, 3.63) is 71.3 Å². The smallest absolute Gasteiger partial charge is 0.325 e. The summed E-state index contributed by atoms with van der Waals surface area (Å²) in [6, 6.07) is 14.0. The molecule has 182 valence electrons. The molecule has 2 heterocycles. The van der Waals surface area contributed by atoms with Crippen LogP contribution in [0.3, 0.4) is 0 Å². The minimum Gasteiger partial charge on any atom is -0.481 e. The van der Waals surface area contributed by atoms with Crippen molar-refractivity contribution in [2.45, 2.75) is 44.7 Å². The van der Waals surface area contributed by atoms with Crippen molar-refractivity contribution in [2.75, 3.05) is 4.90 Å². The van der Waals surface area contributed by atoms with Gasteiger partial charge in [0, 0.05) is 6.04 Å². The Morgan fingerprint density at radius 2 is 1.60 bits per heavy atom. The van der Waals surface area contributed by atoms with E-state index in [2.05, 4.69) is 5.32 Å². The van der Waals surface area contributed by atoms with Crippen molar-refractivity contribution in [2.24, 2.45) is 11.8 Å². The Bertz CT molecular complexity index is 1190.